The molecule has 308 valence electrons. The van der Waals surface area contributed by atoms with Crippen LogP contribution in [0.25, 0.3) is 0 Å². The van der Waals surface area contributed by atoms with Gasteiger partial charge in [-0.3, -0.25) is 14.4 Å². The summed E-state index contributed by atoms with van der Waals surface area (Å²) < 4.78 is 60.1. The first kappa shape index (κ1) is 47.2. The van der Waals surface area contributed by atoms with Crippen molar-refractivity contribution in [2.75, 3.05) is 26.4 Å². The smallest absolute Gasteiger partial charge is 0.487 e. The molecule has 12 nitrogen and oxygen atoms in total. The van der Waals surface area contributed by atoms with Crippen molar-refractivity contribution in [3.63, 3.8) is 0 Å². The van der Waals surface area contributed by atoms with Gasteiger partial charge in [0.15, 0.2) is 6.61 Å². The van der Waals surface area contributed by atoms with Gasteiger partial charge in [0.25, 0.3) is 5.92 Å². The molecule has 2 N–H and O–H groups in total. The zero-order valence-electron chi connectivity index (χ0n) is 32.1. The van der Waals surface area contributed by atoms with Crippen molar-refractivity contribution >= 4 is 24.1 Å². The van der Waals surface area contributed by atoms with E-state index in [0.717, 1.165) is 0 Å². The van der Waals surface area contributed by atoms with Crippen LogP contribution in [0.5, 0.6) is 5.75 Å². The van der Waals surface area contributed by atoms with Gasteiger partial charge < -0.3 is 38.6 Å². The summed E-state index contributed by atoms with van der Waals surface area (Å²) >= 11 is 0. The van der Waals surface area contributed by atoms with Gasteiger partial charge in [-0.1, -0.05) is 36.4 Å². The van der Waals surface area contributed by atoms with Crippen LogP contribution in [0.1, 0.15) is 84.5 Å². The predicted molar refractivity (Wildman–Crippen MR) is 201 cm³/mol. The van der Waals surface area contributed by atoms with Crippen molar-refractivity contribution in [3.8, 4) is 30.4 Å². The summed E-state index contributed by atoms with van der Waals surface area (Å²) in [6.07, 6.45) is 14.6. The van der Waals surface area contributed by atoms with Crippen LogP contribution < -0.4 is 4.74 Å². The van der Waals surface area contributed by atoms with Gasteiger partial charge in [0.2, 0.25) is 6.29 Å². The zero-order valence-corrected chi connectivity index (χ0v) is 32.1. The number of aliphatic hydroxyl groups is 2. The number of carbonyl (C=O) groups is 4. The number of benzene rings is 1. The van der Waals surface area contributed by atoms with Crippen molar-refractivity contribution in [2.24, 2.45) is 17.3 Å². The summed E-state index contributed by atoms with van der Waals surface area (Å²) in [5, 5.41) is 20.9. The monoisotopic (exact) mass is 788 g/mol. The normalized spacial score (nSPS) is 18.8. The summed E-state index contributed by atoms with van der Waals surface area (Å²) in [4.78, 5) is 49.0. The number of alkyl halides is 2. The van der Waals surface area contributed by atoms with Crippen LogP contribution in [0.4, 0.5) is 13.6 Å². The molecule has 0 aromatic heterocycles. The molecule has 0 aliphatic heterocycles. The standard InChI is InChI=1S/C42H54F2O12/c1-5-7-12-21-37(47)52-27-41(4,28-53-38(48)22-13-8-6-2)29-54-40(50)56-31(3)55-39(49)23-17-10-9-16-20-33-34(36(46)26-35(33)45)24-25-42(43,44)30-51-32-18-14-11-15-19-32/h1-2,9,11,14-16,18-19,24-25,31,33-36,45-46H,7-8,10,12-13,17,20-23,26-30H2,3-4H3/b16-9-,25-24+/t31?,33-,34-,35+,36-/m1/s1. The van der Waals surface area contributed by atoms with Crippen LogP contribution in [0.2, 0.25) is 0 Å². The summed E-state index contributed by atoms with van der Waals surface area (Å²) in [6.45, 7) is 1.20. The van der Waals surface area contributed by atoms with Gasteiger partial charge in [-0.05, 0) is 63.2 Å². The first-order chi connectivity index (χ1) is 26.7. The van der Waals surface area contributed by atoms with E-state index in [1.807, 2.05) is 0 Å². The van der Waals surface area contributed by atoms with Crippen molar-refractivity contribution in [2.45, 2.75) is 109 Å². The number of carbonyl (C=O) groups excluding carboxylic acids is 4. The van der Waals surface area contributed by atoms with Gasteiger partial charge in [-0.25, -0.2) is 4.79 Å². The van der Waals surface area contributed by atoms with Gasteiger partial charge in [0, 0.05) is 51.4 Å². The van der Waals surface area contributed by atoms with E-state index < -0.39 is 72.3 Å². The maximum absolute atomic E-state index is 14.5. The number of terminal acetylenes is 2. The number of unbranched alkanes of at least 4 members (excludes halogenated alkanes) is 3. The highest BCUT2D eigenvalue weighted by atomic mass is 19.3. The second-order valence-corrected chi connectivity index (χ2v) is 13.9. The molecule has 1 aromatic carbocycles. The molecular weight excluding hydrogens is 734 g/mol. The maximum Gasteiger partial charge on any atom is 0.511 e. The van der Waals surface area contributed by atoms with E-state index in [4.69, 9.17) is 41.3 Å². The molecule has 1 fully saturated rings. The van der Waals surface area contributed by atoms with Crippen LogP contribution >= 0.6 is 0 Å². The molecular formula is C42H54F2O12. The van der Waals surface area contributed by atoms with E-state index in [-0.39, 0.29) is 45.5 Å². The molecule has 0 spiro atoms. The summed E-state index contributed by atoms with van der Waals surface area (Å²) in [5.41, 5.74) is -1.13. The Bertz CT molecular complexity index is 1480. The number of rotatable bonds is 25. The molecule has 0 heterocycles. The lowest BCUT2D eigenvalue weighted by molar-refractivity contribution is -0.169. The maximum atomic E-state index is 14.5. The second-order valence-electron chi connectivity index (χ2n) is 13.9. The molecule has 2 rings (SSSR count). The van der Waals surface area contributed by atoms with Crippen LogP contribution in [-0.4, -0.2) is 85.1 Å². The van der Waals surface area contributed by atoms with E-state index in [1.165, 1.54) is 13.0 Å². The fraction of sp³-hybridized carbons (Fsp3) is 0.571. The number of hydrogen-bond donors (Lipinski definition) is 2. The Labute approximate surface area is 327 Å². The second kappa shape index (κ2) is 25.3. The largest absolute Gasteiger partial charge is 0.511 e. The van der Waals surface area contributed by atoms with Crippen molar-refractivity contribution in [3.05, 3.63) is 54.6 Å². The third-order valence-corrected chi connectivity index (χ3v) is 8.64. The highest BCUT2D eigenvalue weighted by Crippen LogP contribution is 2.37. The Morgan fingerprint density at radius 1 is 0.839 bits per heavy atom. The SMILES string of the molecule is C#CCCCC(=O)OCC(C)(COC(=O)CCCC#C)COC(=O)OC(C)OC(=O)CCC/C=C\C[C@@H]1[C@@H](/C=C/C(F)(F)COc2ccccc2)[C@H](O)C[C@@H]1O. The average Bonchev–Trinajstić information content (AvgIpc) is 3.43. The molecule has 0 radical (unpaired) electrons. The van der Waals surface area contributed by atoms with Crippen LogP contribution in [0, 0.1) is 41.9 Å². The molecule has 0 saturated heterocycles. The van der Waals surface area contributed by atoms with E-state index >= 15 is 0 Å². The third kappa shape index (κ3) is 19.6. The number of allylic oxidation sites excluding steroid dienone is 2. The first-order valence-electron chi connectivity index (χ1n) is 18.6. The van der Waals surface area contributed by atoms with Gasteiger partial charge in [-0.15, -0.1) is 24.7 Å². The molecule has 14 heteroatoms. The third-order valence-electron chi connectivity index (χ3n) is 8.64. The fourth-order valence-corrected chi connectivity index (χ4v) is 5.56. The van der Waals surface area contributed by atoms with Gasteiger partial charge in [0.05, 0.1) is 17.6 Å². The van der Waals surface area contributed by atoms with Crippen molar-refractivity contribution < 1.29 is 66.6 Å². The summed E-state index contributed by atoms with van der Waals surface area (Å²) in [5.74, 6) is -0.971. The number of esters is 3. The zero-order chi connectivity index (χ0) is 41.4. The topological polar surface area (TPSA) is 164 Å². The molecule has 1 saturated carbocycles. The van der Waals surface area contributed by atoms with Gasteiger partial charge in [0.1, 0.15) is 25.6 Å². The molecule has 1 aliphatic carbocycles. The minimum Gasteiger partial charge on any atom is -0.487 e. The van der Waals surface area contributed by atoms with E-state index in [9.17, 15) is 38.2 Å². The molecule has 1 aromatic rings. The minimum atomic E-state index is -3.29. The summed E-state index contributed by atoms with van der Waals surface area (Å²) in [7, 11) is 0. The average molecular weight is 789 g/mol. The highest BCUT2D eigenvalue weighted by Gasteiger charge is 2.40. The highest BCUT2D eigenvalue weighted by molar-refractivity contribution is 5.70. The predicted octanol–water partition coefficient (Wildman–Crippen LogP) is 6.47. The molecule has 1 unspecified atom stereocenters. The van der Waals surface area contributed by atoms with E-state index in [0.29, 0.717) is 56.8 Å². The number of halogens is 2. The summed E-state index contributed by atoms with van der Waals surface area (Å²) in [6, 6.07) is 8.23. The first-order valence-corrected chi connectivity index (χ1v) is 18.6. The molecule has 56 heavy (non-hydrogen) atoms. The van der Waals surface area contributed by atoms with Crippen LogP contribution in [0.3, 0.4) is 0 Å². The van der Waals surface area contributed by atoms with Crippen LogP contribution in [0.15, 0.2) is 54.6 Å². The number of hydrogen-bond acceptors (Lipinski definition) is 12. The molecule has 0 amide bonds. The number of ether oxygens (including phenoxy) is 6. The lowest BCUT2D eigenvalue weighted by Crippen LogP contribution is -2.37. The fourth-order valence-electron chi connectivity index (χ4n) is 5.56. The van der Waals surface area contributed by atoms with Crippen molar-refractivity contribution in [1.29, 1.82) is 0 Å². The molecule has 5 atom stereocenters. The Hall–Kier alpha value is -4.92. The quantitative estimate of drug-likeness (QED) is 0.0278. The molecule has 1 aliphatic rings. The molecule has 0 bridgehead atoms. The number of aliphatic hydroxyl groups excluding tert-OH is 2. The Kier molecular flexibility index (Phi) is 21.3. The van der Waals surface area contributed by atoms with Gasteiger partial charge >= 0.3 is 24.1 Å². The van der Waals surface area contributed by atoms with Gasteiger partial charge in [-0.2, -0.15) is 8.78 Å². The van der Waals surface area contributed by atoms with Crippen molar-refractivity contribution in [1.82, 2.24) is 0 Å². The van der Waals surface area contributed by atoms with E-state index in [1.54, 1.807) is 49.4 Å². The minimum absolute atomic E-state index is 0.0131. The number of para-hydroxylation sites is 1. The lowest BCUT2D eigenvalue weighted by Gasteiger charge is -2.28. The lowest BCUT2D eigenvalue weighted by atomic mass is 9.89. The van der Waals surface area contributed by atoms with Crippen LogP contribution in [-0.2, 0) is 38.1 Å². The Morgan fingerprint density at radius 3 is 2.04 bits per heavy atom. The van der Waals surface area contributed by atoms with E-state index in [2.05, 4.69) is 11.8 Å². The Balaban J connectivity index is 1.76. The Morgan fingerprint density at radius 2 is 1.43 bits per heavy atom.